The Morgan fingerprint density at radius 2 is 2.19 bits per heavy atom. The maximum Gasteiger partial charge on any atom is 0.258 e. The minimum atomic E-state index is 0.0798. The number of aromatic nitrogens is 6. The fourth-order valence-electron chi connectivity index (χ4n) is 1.78. The van der Waals surface area contributed by atoms with Crippen LogP contribution in [-0.4, -0.2) is 42.8 Å². The first-order chi connectivity index (χ1) is 10.1. The SMILES string of the molecule is CC(C)CN(CCC#N)c1nc(Cl)nc(-n2cncn2)n1. The second-order valence-corrected chi connectivity index (χ2v) is 5.13. The van der Waals surface area contributed by atoms with Gasteiger partial charge in [-0.25, -0.2) is 4.98 Å². The van der Waals surface area contributed by atoms with E-state index in [2.05, 4.69) is 45.0 Å². The second-order valence-electron chi connectivity index (χ2n) is 4.79. The molecule has 2 aromatic heterocycles. The largest absolute Gasteiger partial charge is 0.339 e. The highest BCUT2D eigenvalue weighted by Gasteiger charge is 2.15. The average Bonchev–Trinajstić information content (AvgIpc) is 2.96. The van der Waals surface area contributed by atoms with Crippen LogP contribution in [-0.2, 0) is 0 Å². The minimum absolute atomic E-state index is 0.0798. The van der Waals surface area contributed by atoms with E-state index in [1.165, 1.54) is 17.3 Å². The fourth-order valence-corrected chi connectivity index (χ4v) is 1.93. The van der Waals surface area contributed by atoms with Crippen LogP contribution in [0.4, 0.5) is 5.95 Å². The van der Waals surface area contributed by atoms with Crippen LogP contribution in [0.1, 0.15) is 20.3 Å². The molecule has 0 N–H and O–H groups in total. The van der Waals surface area contributed by atoms with Crippen LogP contribution in [0.15, 0.2) is 12.7 Å². The summed E-state index contributed by atoms with van der Waals surface area (Å²) in [6.45, 7) is 5.42. The number of anilines is 1. The lowest BCUT2D eigenvalue weighted by molar-refractivity contribution is 0.599. The molecule has 0 saturated heterocycles. The van der Waals surface area contributed by atoms with Gasteiger partial charge in [-0.2, -0.15) is 30.0 Å². The van der Waals surface area contributed by atoms with E-state index in [9.17, 15) is 0 Å². The van der Waals surface area contributed by atoms with E-state index in [1.807, 2.05) is 4.90 Å². The molecular formula is C12H15ClN8. The number of halogens is 1. The summed E-state index contributed by atoms with van der Waals surface area (Å²) in [5.41, 5.74) is 0. The van der Waals surface area contributed by atoms with E-state index in [0.29, 0.717) is 30.8 Å². The Morgan fingerprint density at radius 3 is 2.81 bits per heavy atom. The van der Waals surface area contributed by atoms with E-state index in [1.54, 1.807) is 0 Å². The van der Waals surface area contributed by atoms with Crippen molar-refractivity contribution in [2.45, 2.75) is 20.3 Å². The Balaban J connectivity index is 2.33. The molecule has 9 heteroatoms. The van der Waals surface area contributed by atoms with E-state index in [-0.39, 0.29) is 5.28 Å². The summed E-state index contributed by atoms with van der Waals surface area (Å²) in [5.74, 6) is 1.13. The lowest BCUT2D eigenvalue weighted by Gasteiger charge is -2.23. The molecule has 0 bridgehead atoms. The zero-order chi connectivity index (χ0) is 15.2. The first-order valence-corrected chi connectivity index (χ1v) is 6.86. The van der Waals surface area contributed by atoms with E-state index >= 15 is 0 Å². The van der Waals surface area contributed by atoms with Crippen molar-refractivity contribution in [3.8, 4) is 12.0 Å². The predicted molar refractivity (Wildman–Crippen MR) is 77.0 cm³/mol. The number of nitriles is 1. The molecule has 0 atom stereocenters. The summed E-state index contributed by atoms with van der Waals surface area (Å²) in [6, 6.07) is 2.12. The first-order valence-electron chi connectivity index (χ1n) is 6.48. The molecule has 2 aromatic rings. The molecule has 0 aliphatic heterocycles. The molecule has 0 aliphatic carbocycles. The smallest absolute Gasteiger partial charge is 0.258 e. The molecule has 21 heavy (non-hydrogen) atoms. The number of hydrogen-bond donors (Lipinski definition) is 0. The number of nitrogens with zero attached hydrogens (tertiary/aromatic N) is 8. The van der Waals surface area contributed by atoms with Gasteiger partial charge in [-0.05, 0) is 17.5 Å². The highest BCUT2D eigenvalue weighted by Crippen LogP contribution is 2.15. The van der Waals surface area contributed by atoms with Crippen molar-refractivity contribution in [1.82, 2.24) is 29.7 Å². The van der Waals surface area contributed by atoms with Gasteiger partial charge in [0, 0.05) is 13.1 Å². The Morgan fingerprint density at radius 1 is 1.38 bits per heavy atom. The van der Waals surface area contributed by atoms with Gasteiger partial charge in [0.25, 0.3) is 5.95 Å². The normalized spacial score (nSPS) is 10.6. The third-order valence-electron chi connectivity index (χ3n) is 2.57. The maximum absolute atomic E-state index is 8.78. The van der Waals surface area contributed by atoms with Gasteiger partial charge >= 0.3 is 0 Å². The zero-order valence-electron chi connectivity index (χ0n) is 11.8. The summed E-state index contributed by atoms with van der Waals surface area (Å²) < 4.78 is 1.41. The van der Waals surface area contributed by atoms with Crippen LogP contribution in [0.25, 0.3) is 5.95 Å². The third-order valence-corrected chi connectivity index (χ3v) is 2.74. The summed E-state index contributed by atoms with van der Waals surface area (Å²) in [6.07, 6.45) is 3.26. The molecule has 0 saturated carbocycles. The zero-order valence-corrected chi connectivity index (χ0v) is 12.6. The lowest BCUT2D eigenvalue weighted by atomic mass is 10.2. The first kappa shape index (κ1) is 15.1. The molecule has 0 aliphatic rings. The van der Waals surface area contributed by atoms with Crippen LogP contribution in [0.2, 0.25) is 5.28 Å². The predicted octanol–water partition coefficient (Wildman–Crippen LogP) is 1.48. The fraction of sp³-hybridized carbons (Fsp3) is 0.500. The van der Waals surface area contributed by atoms with Crippen molar-refractivity contribution in [3.05, 3.63) is 17.9 Å². The molecule has 0 aromatic carbocycles. The van der Waals surface area contributed by atoms with Gasteiger partial charge in [0.15, 0.2) is 0 Å². The van der Waals surface area contributed by atoms with Crippen molar-refractivity contribution < 1.29 is 0 Å². The van der Waals surface area contributed by atoms with Crippen molar-refractivity contribution in [2.75, 3.05) is 18.0 Å². The second kappa shape index (κ2) is 6.95. The minimum Gasteiger partial charge on any atom is -0.339 e. The van der Waals surface area contributed by atoms with Crippen molar-refractivity contribution in [3.63, 3.8) is 0 Å². The van der Waals surface area contributed by atoms with E-state index in [0.717, 1.165) is 6.54 Å². The Hall–Kier alpha value is -2.27. The molecule has 2 heterocycles. The monoisotopic (exact) mass is 306 g/mol. The topological polar surface area (TPSA) is 96.4 Å². The summed E-state index contributed by atoms with van der Waals surface area (Å²) in [5, 5.41) is 12.8. The summed E-state index contributed by atoms with van der Waals surface area (Å²) in [4.78, 5) is 18.3. The highest BCUT2D eigenvalue weighted by molar-refractivity contribution is 6.28. The van der Waals surface area contributed by atoms with Gasteiger partial charge in [-0.15, -0.1) is 0 Å². The molecule has 0 amide bonds. The van der Waals surface area contributed by atoms with Crippen LogP contribution in [0, 0.1) is 17.2 Å². The van der Waals surface area contributed by atoms with Crippen LogP contribution >= 0.6 is 11.6 Å². The maximum atomic E-state index is 8.78. The van der Waals surface area contributed by atoms with Gasteiger partial charge in [-0.3, -0.25) is 0 Å². The van der Waals surface area contributed by atoms with E-state index in [4.69, 9.17) is 16.9 Å². The highest BCUT2D eigenvalue weighted by atomic mass is 35.5. The molecule has 0 unspecified atom stereocenters. The standard InChI is InChI=1S/C12H15ClN8/c1-9(2)6-20(5-3-4-14)11-17-10(13)18-12(19-11)21-8-15-7-16-21/h7-9H,3,5-6H2,1-2H3. The van der Waals surface area contributed by atoms with E-state index < -0.39 is 0 Å². The third kappa shape index (κ3) is 4.10. The van der Waals surface area contributed by atoms with Crippen molar-refractivity contribution in [1.29, 1.82) is 5.26 Å². The molecule has 8 nitrogen and oxygen atoms in total. The number of hydrogen-bond acceptors (Lipinski definition) is 7. The van der Waals surface area contributed by atoms with Gasteiger partial charge in [0.2, 0.25) is 11.2 Å². The van der Waals surface area contributed by atoms with Gasteiger partial charge in [0.1, 0.15) is 12.7 Å². The quantitative estimate of drug-likeness (QED) is 0.797. The Labute approximate surface area is 127 Å². The average molecular weight is 307 g/mol. The van der Waals surface area contributed by atoms with Crippen molar-refractivity contribution in [2.24, 2.45) is 5.92 Å². The Bertz CT molecular complexity index is 619. The molecule has 2 rings (SSSR count). The molecule has 110 valence electrons. The lowest BCUT2D eigenvalue weighted by Crippen LogP contribution is -2.30. The van der Waals surface area contributed by atoms with Crippen LogP contribution in [0.5, 0.6) is 0 Å². The number of rotatable bonds is 6. The van der Waals surface area contributed by atoms with Gasteiger partial charge < -0.3 is 4.90 Å². The summed E-state index contributed by atoms with van der Waals surface area (Å²) in [7, 11) is 0. The van der Waals surface area contributed by atoms with Crippen LogP contribution < -0.4 is 4.90 Å². The summed E-state index contributed by atoms with van der Waals surface area (Å²) >= 11 is 5.97. The van der Waals surface area contributed by atoms with Gasteiger partial charge in [0.05, 0.1) is 12.5 Å². The molecule has 0 radical (unpaired) electrons. The molecule has 0 fully saturated rings. The van der Waals surface area contributed by atoms with Crippen molar-refractivity contribution >= 4 is 17.5 Å². The van der Waals surface area contributed by atoms with Gasteiger partial charge in [-0.1, -0.05) is 13.8 Å². The van der Waals surface area contributed by atoms with Crippen LogP contribution in [0.3, 0.4) is 0 Å². The Kier molecular flexibility index (Phi) is 5.00. The molecular weight excluding hydrogens is 292 g/mol. The molecule has 0 spiro atoms.